The maximum atomic E-state index is 12.3. The Labute approximate surface area is 144 Å². The highest BCUT2D eigenvalue weighted by atomic mass is 16.1. The summed E-state index contributed by atoms with van der Waals surface area (Å²) in [5.41, 5.74) is 3.62. The Morgan fingerprint density at radius 1 is 0.920 bits per heavy atom. The zero-order chi connectivity index (χ0) is 17.2. The smallest absolute Gasteiger partial charge is 0.203 e. The normalized spacial score (nSPS) is 10.8. The highest BCUT2D eigenvalue weighted by Crippen LogP contribution is 2.26. The first-order valence-electron chi connectivity index (χ1n) is 8.00. The number of benzene rings is 3. The van der Waals surface area contributed by atoms with E-state index in [0.717, 1.165) is 11.3 Å². The molecule has 0 saturated carbocycles. The second-order valence-electron chi connectivity index (χ2n) is 5.64. The Bertz CT molecular complexity index is 1040. The van der Waals surface area contributed by atoms with Crippen molar-refractivity contribution in [3.8, 4) is 28.5 Å². The van der Waals surface area contributed by atoms with Gasteiger partial charge in [-0.05, 0) is 18.2 Å². The molecule has 0 aromatic heterocycles. The number of nitrogens with one attached hydrogen (secondary N) is 1. The van der Waals surface area contributed by atoms with Gasteiger partial charge in [0.1, 0.15) is 0 Å². The first kappa shape index (κ1) is 15.1. The Morgan fingerprint density at radius 3 is 2.28 bits per heavy atom. The molecule has 122 valence electrons. The number of hydrogen-bond donors (Lipinski definition) is 1. The molecule has 0 fully saturated rings. The minimum atomic E-state index is -0.0873. The topological polar surface area (TPSA) is 59.8 Å². The molecule has 2 aliphatic rings. The van der Waals surface area contributed by atoms with Crippen LogP contribution in [0.2, 0.25) is 0 Å². The van der Waals surface area contributed by atoms with Crippen LogP contribution in [0.5, 0.6) is 0 Å². The highest BCUT2D eigenvalue weighted by molar-refractivity contribution is 5.68. The van der Waals surface area contributed by atoms with E-state index in [1.807, 2.05) is 60.7 Å². The summed E-state index contributed by atoms with van der Waals surface area (Å²) in [7, 11) is 1.73. The van der Waals surface area contributed by atoms with Gasteiger partial charge in [-0.15, -0.1) is 5.10 Å². The van der Waals surface area contributed by atoms with Gasteiger partial charge >= 0.3 is 0 Å². The van der Waals surface area contributed by atoms with Gasteiger partial charge in [0.15, 0.2) is 5.82 Å². The lowest BCUT2D eigenvalue weighted by atomic mass is 10.1. The van der Waals surface area contributed by atoms with Crippen molar-refractivity contribution < 1.29 is 0 Å². The van der Waals surface area contributed by atoms with Crippen molar-refractivity contribution in [1.29, 1.82) is 0 Å². The van der Waals surface area contributed by atoms with Crippen LogP contribution in [-0.2, 0) is 0 Å². The van der Waals surface area contributed by atoms with Gasteiger partial charge < -0.3 is 5.32 Å². The summed E-state index contributed by atoms with van der Waals surface area (Å²) in [5, 5.41) is 7.61. The molecule has 0 amide bonds. The van der Waals surface area contributed by atoms with Crippen molar-refractivity contribution in [3.63, 3.8) is 0 Å². The van der Waals surface area contributed by atoms with E-state index in [9.17, 15) is 4.79 Å². The maximum absolute atomic E-state index is 12.3. The average molecular weight is 328 g/mol. The van der Waals surface area contributed by atoms with Gasteiger partial charge in [0.25, 0.3) is 0 Å². The molecule has 0 radical (unpaired) electrons. The number of anilines is 1. The lowest BCUT2D eigenvalue weighted by Gasteiger charge is -2.16. The third kappa shape index (κ3) is 2.76. The predicted molar refractivity (Wildman–Crippen MR) is 99.2 cm³/mol. The van der Waals surface area contributed by atoms with Gasteiger partial charge in [0, 0.05) is 18.7 Å². The summed E-state index contributed by atoms with van der Waals surface area (Å²) >= 11 is 0. The minimum Gasteiger partial charge on any atom is -0.385 e. The van der Waals surface area contributed by atoms with Crippen molar-refractivity contribution in [2.24, 2.45) is 0 Å². The quantitative estimate of drug-likeness (QED) is 0.626. The van der Waals surface area contributed by atoms with Gasteiger partial charge in [-0.1, -0.05) is 48.5 Å². The zero-order valence-electron chi connectivity index (χ0n) is 13.7. The number of para-hydroxylation sites is 1. The molecule has 5 nitrogen and oxygen atoms in total. The summed E-state index contributed by atoms with van der Waals surface area (Å²) in [6.07, 6.45) is 0. The van der Waals surface area contributed by atoms with E-state index >= 15 is 0 Å². The lowest BCUT2D eigenvalue weighted by molar-refractivity contribution is 0.827. The molecule has 2 aromatic carbocycles. The lowest BCUT2D eigenvalue weighted by Crippen LogP contribution is -2.15. The molecule has 0 atom stereocenters. The standard InChI is InChI=1S/C20H16N4O/c1-21-17-12-16-18(13-19(17)25)24(15-10-6-3-7-11-15)23-20(22-16)14-8-4-2-5-9-14/h2-13,21H,1H3. The molecule has 1 aliphatic carbocycles. The molecule has 4 rings (SSSR count). The van der Waals surface area contributed by atoms with Gasteiger partial charge in [-0.2, -0.15) is 0 Å². The number of fused-ring (bicyclic) bond motifs is 1. The second-order valence-corrected chi connectivity index (χ2v) is 5.64. The fourth-order valence-electron chi connectivity index (χ4n) is 2.77. The molecular weight excluding hydrogens is 312 g/mol. The van der Waals surface area contributed by atoms with Crippen molar-refractivity contribution in [3.05, 3.63) is 83.0 Å². The first-order valence-corrected chi connectivity index (χ1v) is 8.00. The van der Waals surface area contributed by atoms with Crippen LogP contribution in [0.3, 0.4) is 0 Å². The summed E-state index contributed by atoms with van der Waals surface area (Å²) in [4.78, 5) is 16.9. The van der Waals surface area contributed by atoms with E-state index in [-0.39, 0.29) is 5.43 Å². The molecular formula is C20H16N4O. The molecule has 0 spiro atoms. The first-order chi connectivity index (χ1) is 12.3. The number of rotatable bonds is 3. The minimum absolute atomic E-state index is 0.0873. The highest BCUT2D eigenvalue weighted by Gasteiger charge is 2.16. The summed E-state index contributed by atoms with van der Waals surface area (Å²) in [5.74, 6) is 0.609. The van der Waals surface area contributed by atoms with Gasteiger partial charge in [0.2, 0.25) is 5.43 Å². The van der Waals surface area contributed by atoms with Crippen LogP contribution in [-0.4, -0.2) is 21.8 Å². The molecule has 0 saturated heterocycles. The predicted octanol–water partition coefficient (Wildman–Crippen LogP) is 3.44. The van der Waals surface area contributed by atoms with Crippen LogP contribution < -0.4 is 10.7 Å². The van der Waals surface area contributed by atoms with Crippen molar-refractivity contribution in [2.45, 2.75) is 0 Å². The fraction of sp³-hybridized carbons (Fsp3) is 0.0500. The van der Waals surface area contributed by atoms with Gasteiger partial charge in [0.05, 0.1) is 22.8 Å². The second kappa shape index (κ2) is 6.20. The Morgan fingerprint density at radius 2 is 1.60 bits per heavy atom. The van der Waals surface area contributed by atoms with Gasteiger partial charge in [-0.25, -0.2) is 9.67 Å². The largest absolute Gasteiger partial charge is 0.385 e. The van der Waals surface area contributed by atoms with Crippen LogP contribution >= 0.6 is 0 Å². The summed E-state index contributed by atoms with van der Waals surface area (Å²) in [6, 6.07) is 22.9. The third-order valence-electron chi connectivity index (χ3n) is 4.03. The molecule has 25 heavy (non-hydrogen) atoms. The summed E-state index contributed by atoms with van der Waals surface area (Å²) in [6.45, 7) is 0. The van der Waals surface area contributed by atoms with Crippen LogP contribution in [0.25, 0.3) is 28.5 Å². The van der Waals surface area contributed by atoms with E-state index in [0.29, 0.717) is 22.9 Å². The molecule has 5 heteroatoms. The zero-order valence-corrected chi connectivity index (χ0v) is 13.7. The Kier molecular flexibility index (Phi) is 3.74. The number of nitrogens with zero attached hydrogens (tertiary/aromatic N) is 3. The van der Waals surface area contributed by atoms with E-state index < -0.39 is 0 Å². The Balaban J connectivity index is 2.05. The molecule has 1 N–H and O–H groups in total. The van der Waals surface area contributed by atoms with E-state index in [2.05, 4.69) is 15.4 Å². The van der Waals surface area contributed by atoms with Crippen molar-refractivity contribution in [1.82, 2.24) is 14.8 Å². The fourth-order valence-corrected chi connectivity index (χ4v) is 2.77. The molecule has 1 heterocycles. The maximum Gasteiger partial charge on any atom is 0.203 e. The molecule has 2 aromatic rings. The van der Waals surface area contributed by atoms with Gasteiger partial charge in [-0.3, -0.25) is 4.79 Å². The number of aromatic nitrogens is 3. The Hall–Kier alpha value is -3.47. The van der Waals surface area contributed by atoms with Crippen LogP contribution in [0.1, 0.15) is 0 Å². The van der Waals surface area contributed by atoms with Crippen LogP contribution in [0.4, 0.5) is 5.69 Å². The third-order valence-corrected chi connectivity index (χ3v) is 4.03. The molecule has 0 unspecified atom stereocenters. The average Bonchev–Trinajstić information content (AvgIpc) is 2.68. The number of hydrogen-bond acceptors (Lipinski definition) is 4. The van der Waals surface area contributed by atoms with E-state index in [1.165, 1.54) is 0 Å². The SMILES string of the molecule is CNc1cc2nc(-c3ccccc3)nn(-c3ccccc3)c-2cc1=O. The van der Waals surface area contributed by atoms with E-state index in [4.69, 9.17) is 0 Å². The van der Waals surface area contributed by atoms with E-state index in [1.54, 1.807) is 23.9 Å². The van der Waals surface area contributed by atoms with Crippen LogP contribution in [0, 0.1) is 0 Å². The monoisotopic (exact) mass is 328 g/mol. The van der Waals surface area contributed by atoms with Crippen molar-refractivity contribution in [2.75, 3.05) is 12.4 Å². The summed E-state index contributed by atoms with van der Waals surface area (Å²) < 4.78 is 1.77. The molecule has 1 aliphatic heterocycles. The van der Waals surface area contributed by atoms with Crippen molar-refractivity contribution >= 4 is 5.69 Å². The molecule has 0 bridgehead atoms. The van der Waals surface area contributed by atoms with Crippen LogP contribution in [0.15, 0.2) is 77.6 Å².